The van der Waals surface area contributed by atoms with Gasteiger partial charge in [-0.25, -0.2) is 4.79 Å². The van der Waals surface area contributed by atoms with E-state index in [4.69, 9.17) is 28.3 Å². The third-order valence-corrected chi connectivity index (χ3v) is 2.35. The molecule has 0 bridgehead atoms. The molecule has 1 aromatic rings. The third-order valence-electron chi connectivity index (χ3n) is 1.79. The van der Waals surface area contributed by atoms with Crippen LogP contribution in [-0.4, -0.2) is 23.8 Å². The summed E-state index contributed by atoms with van der Waals surface area (Å²) in [7, 11) is 0. The smallest absolute Gasteiger partial charge is 0.348 e. The van der Waals surface area contributed by atoms with Crippen molar-refractivity contribution < 1.29 is 9.90 Å². The van der Waals surface area contributed by atoms with Crippen molar-refractivity contribution in [3.8, 4) is 0 Å². The van der Waals surface area contributed by atoms with E-state index < -0.39 is 5.97 Å². The highest BCUT2D eigenvalue weighted by Gasteiger charge is 2.08. The monoisotopic (exact) mass is 260 g/mol. The van der Waals surface area contributed by atoms with Crippen LogP contribution in [0.15, 0.2) is 23.3 Å². The summed E-state index contributed by atoms with van der Waals surface area (Å²) in [6, 6.07) is 4.92. The quantitative estimate of drug-likeness (QED) is 0.669. The molecule has 0 aromatic heterocycles. The van der Waals surface area contributed by atoms with Crippen LogP contribution in [0.2, 0.25) is 10.0 Å². The van der Waals surface area contributed by atoms with Gasteiger partial charge in [0, 0.05) is 11.6 Å². The summed E-state index contributed by atoms with van der Waals surface area (Å²) in [5, 5.41) is 14.7. The molecule has 4 nitrogen and oxygen atoms in total. The molecule has 0 saturated heterocycles. The summed E-state index contributed by atoms with van der Waals surface area (Å²) < 4.78 is 0. The molecule has 0 fully saturated rings. The zero-order valence-corrected chi connectivity index (χ0v) is 10.0. The molecule has 0 atom stereocenters. The molecule has 86 valence electrons. The van der Waals surface area contributed by atoms with E-state index in [1.54, 1.807) is 18.2 Å². The van der Waals surface area contributed by atoms with Crippen LogP contribution in [0.3, 0.4) is 0 Å². The molecule has 0 radical (unpaired) electrons. The van der Waals surface area contributed by atoms with E-state index in [0.29, 0.717) is 22.3 Å². The van der Waals surface area contributed by atoms with E-state index >= 15 is 0 Å². The number of carboxylic acids is 1. The van der Waals surface area contributed by atoms with Gasteiger partial charge in [0.25, 0.3) is 0 Å². The Balaban J connectivity index is 3.03. The number of rotatable bonds is 4. The Morgan fingerprint density at radius 2 is 2.25 bits per heavy atom. The fraction of sp³-hybridized carbons (Fsp3) is 0.200. The first-order valence-electron chi connectivity index (χ1n) is 4.54. The Kier molecular flexibility index (Phi) is 4.58. The maximum absolute atomic E-state index is 10.4. The average Bonchev–Trinajstić information content (AvgIpc) is 2.23. The van der Waals surface area contributed by atoms with E-state index in [1.807, 2.05) is 6.92 Å². The fourth-order valence-corrected chi connectivity index (χ4v) is 1.50. The van der Waals surface area contributed by atoms with E-state index in [9.17, 15) is 4.79 Å². The lowest BCUT2D eigenvalue weighted by Crippen LogP contribution is -2.17. The second-order valence-electron chi connectivity index (χ2n) is 2.89. The summed E-state index contributed by atoms with van der Waals surface area (Å²) in [6.07, 6.45) is 0.806. The number of carbonyl (C=O) groups is 1. The predicted molar refractivity (Wildman–Crippen MR) is 65.6 cm³/mol. The Hall–Kier alpha value is -1.26. The minimum absolute atomic E-state index is 0.466. The summed E-state index contributed by atoms with van der Waals surface area (Å²) in [5.41, 5.74) is 0.578. The number of benzene rings is 1. The predicted octanol–water partition coefficient (Wildman–Crippen LogP) is 2.89. The van der Waals surface area contributed by atoms with Crippen LogP contribution < -0.4 is 5.01 Å². The van der Waals surface area contributed by atoms with Crippen LogP contribution >= 0.6 is 23.2 Å². The summed E-state index contributed by atoms with van der Waals surface area (Å²) in [6.45, 7) is 2.32. The van der Waals surface area contributed by atoms with Gasteiger partial charge < -0.3 is 5.11 Å². The first-order valence-corrected chi connectivity index (χ1v) is 5.29. The van der Waals surface area contributed by atoms with Gasteiger partial charge in [-0.05, 0) is 25.1 Å². The molecule has 0 aliphatic heterocycles. The minimum Gasteiger partial charge on any atom is -0.477 e. The number of halogens is 2. The number of nitrogens with zero attached hydrogens (tertiary/aromatic N) is 2. The van der Waals surface area contributed by atoms with Crippen molar-refractivity contribution in [1.29, 1.82) is 0 Å². The third kappa shape index (κ3) is 3.40. The molecule has 0 aliphatic carbocycles. The van der Waals surface area contributed by atoms with Crippen LogP contribution in [0.5, 0.6) is 0 Å². The number of hydrogen-bond acceptors (Lipinski definition) is 3. The molecule has 6 heteroatoms. The van der Waals surface area contributed by atoms with Crippen LogP contribution in [0.4, 0.5) is 5.69 Å². The molecule has 1 N–H and O–H groups in total. The summed E-state index contributed by atoms with van der Waals surface area (Å²) in [5.74, 6) is -1.11. The molecule has 1 aromatic carbocycles. The second-order valence-corrected chi connectivity index (χ2v) is 3.74. The van der Waals surface area contributed by atoms with Gasteiger partial charge in [0.05, 0.1) is 10.7 Å². The maximum atomic E-state index is 10.4. The van der Waals surface area contributed by atoms with Gasteiger partial charge in [-0.1, -0.05) is 23.2 Å². The van der Waals surface area contributed by atoms with Crippen molar-refractivity contribution in [2.24, 2.45) is 5.10 Å². The Bertz CT molecular complexity index is 421. The largest absolute Gasteiger partial charge is 0.477 e. The number of hydrogen-bond donors (Lipinski definition) is 1. The topological polar surface area (TPSA) is 52.9 Å². The zero-order valence-electron chi connectivity index (χ0n) is 8.52. The zero-order chi connectivity index (χ0) is 12.1. The molecule has 0 amide bonds. The first-order chi connectivity index (χ1) is 7.54. The minimum atomic E-state index is -1.11. The fourth-order valence-electron chi connectivity index (χ4n) is 1.12. The van der Waals surface area contributed by atoms with Gasteiger partial charge in [0.2, 0.25) is 0 Å². The van der Waals surface area contributed by atoms with Crippen molar-refractivity contribution in [2.45, 2.75) is 6.92 Å². The van der Waals surface area contributed by atoms with Gasteiger partial charge in [-0.15, -0.1) is 0 Å². The van der Waals surface area contributed by atoms with Crippen LogP contribution in [0.25, 0.3) is 0 Å². The molecular formula is C10H10Cl2N2O2. The van der Waals surface area contributed by atoms with Gasteiger partial charge in [0.1, 0.15) is 6.21 Å². The molecule has 16 heavy (non-hydrogen) atoms. The molecule has 0 heterocycles. The SMILES string of the molecule is CCN(/N=C\C(=O)O)c1cc(Cl)ccc1Cl. The summed E-state index contributed by atoms with van der Waals surface area (Å²) >= 11 is 11.8. The van der Waals surface area contributed by atoms with Crippen molar-refractivity contribution >= 4 is 41.1 Å². The van der Waals surface area contributed by atoms with Crippen LogP contribution in [-0.2, 0) is 4.79 Å². The molecule has 0 spiro atoms. The number of carboxylic acid groups (broad SMARTS) is 1. The summed E-state index contributed by atoms with van der Waals surface area (Å²) in [4.78, 5) is 10.4. The number of anilines is 1. The second kappa shape index (κ2) is 5.72. The van der Waals surface area contributed by atoms with Gasteiger partial charge in [-0.2, -0.15) is 5.10 Å². The highest BCUT2D eigenvalue weighted by atomic mass is 35.5. The molecule has 0 aliphatic rings. The van der Waals surface area contributed by atoms with Crippen molar-refractivity contribution in [1.82, 2.24) is 0 Å². The van der Waals surface area contributed by atoms with E-state index in [2.05, 4.69) is 5.10 Å². The normalized spacial score (nSPS) is 10.7. The van der Waals surface area contributed by atoms with E-state index in [1.165, 1.54) is 5.01 Å². The Morgan fingerprint density at radius 1 is 1.56 bits per heavy atom. The van der Waals surface area contributed by atoms with Crippen LogP contribution in [0, 0.1) is 0 Å². The maximum Gasteiger partial charge on any atom is 0.348 e. The molecule has 0 saturated carbocycles. The van der Waals surface area contributed by atoms with Crippen molar-refractivity contribution in [3.63, 3.8) is 0 Å². The van der Waals surface area contributed by atoms with Gasteiger partial charge in [0.15, 0.2) is 0 Å². The first kappa shape index (κ1) is 12.8. The van der Waals surface area contributed by atoms with Gasteiger partial charge in [-0.3, -0.25) is 5.01 Å². The van der Waals surface area contributed by atoms with E-state index in [-0.39, 0.29) is 0 Å². The highest BCUT2D eigenvalue weighted by Crippen LogP contribution is 2.28. The number of hydrazone groups is 1. The highest BCUT2D eigenvalue weighted by molar-refractivity contribution is 6.35. The Morgan fingerprint density at radius 3 is 2.81 bits per heavy atom. The van der Waals surface area contributed by atoms with Crippen molar-refractivity contribution in [2.75, 3.05) is 11.6 Å². The molecule has 0 unspecified atom stereocenters. The van der Waals surface area contributed by atoms with Crippen LogP contribution in [0.1, 0.15) is 6.92 Å². The van der Waals surface area contributed by atoms with Gasteiger partial charge >= 0.3 is 5.97 Å². The lowest BCUT2D eigenvalue weighted by molar-refractivity contribution is -0.128. The van der Waals surface area contributed by atoms with Crippen molar-refractivity contribution in [3.05, 3.63) is 28.2 Å². The number of aliphatic carboxylic acids is 1. The lowest BCUT2D eigenvalue weighted by Gasteiger charge is -2.17. The lowest BCUT2D eigenvalue weighted by atomic mass is 10.3. The average molecular weight is 261 g/mol. The molecule has 1 rings (SSSR count). The Labute approximate surface area is 103 Å². The van der Waals surface area contributed by atoms with E-state index in [0.717, 1.165) is 6.21 Å². The molecular weight excluding hydrogens is 251 g/mol. The standard InChI is InChI=1S/C10H10Cl2N2O2/c1-2-14(13-6-10(15)16)9-5-7(11)3-4-8(9)12/h3-6H,2H2,1H3,(H,15,16)/b13-6-.